The number of hydrogen-bond acceptors (Lipinski definition) is 5. The number of piperidine rings is 1. The molecule has 3 heterocycles. The first-order valence-corrected chi connectivity index (χ1v) is 11.8. The van der Waals surface area contributed by atoms with Gasteiger partial charge >= 0.3 is 0 Å². The van der Waals surface area contributed by atoms with Crippen LogP contribution in [0.5, 0.6) is 0 Å². The first kappa shape index (κ1) is 20.7. The molecule has 0 unspecified atom stereocenters. The van der Waals surface area contributed by atoms with E-state index in [0.29, 0.717) is 22.6 Å². The molecule has 162 valence electrons. The Balaban J connectivity index is 1.39. The van der Waals surface area contributed by atoms with Gasteiger partial charge in [-0.05, 0) is 96.7 Å². The predicted octanol–water partition coefficient (Wildman–Crippen LogP) is 4.95. The van der Waals surface area contributed by atoms with Gasteiger partial charge in [0.2, 0.25) is 0 Å². The van der Waals surface area contributed by atoms with Gasteiger partial charge in [-0.2, -0.15) is 11.3 Å². The van der Waals surface area contributed by atoms with E-state index in [-0.39, 0.29) is 11.8 Å². The Bertz CT molecular complexity index is 1170. The summed E-state index contributed by atoms with van der Waals surface area (Å²) in [7, 11) is 2.17. The van der Waals surface area contributed by atoms with Crippen LogP contribution in [0.3, 0.4) is 0 Å². The monoisotopic (exact) mass is 443 g/mol. The summed E-state index contributed by atoms with van der Waals surface area (Å²) in [5.41, 5.74) is 5.95. The second-order valence-electron chi connectivity index (χ2n) is 8.46. The van der Waals surface area contributed by atoms with Crippen LogP contribution in [-0.2, 0) is 4.79 Å². The van der Waals surface area contributed by atoms with Gasteiger partial charge in [-0.1, -0.05) is 18.2 Å². The van der Waals surface area contributed by atoms with Crippen molar-refractivity contribution in [2.45, 2.75) is 18.8 Å². The summed E-state index contributed by atoms with van der Waals surface area (Å²) >= 11 is 1.62. The van der Waals surface area contributed by atoms with Gasteiger partial charge in [0.25, 0.3) is 11.8 Å². The van der Waals surface area contributed by atoms with E-state index < -0.39 is 0 Å². The number of imide groups is 1. The number of anilines is 1. The van der Waals surface area contributed by atoms with Crippen molar-refractivity contribution in [2.75, 3.05) is 25.5 Å². The zero-order valence-electron chi connectivity index (χ0n) is 17.9. The molecule has 2 aromatic carbocycles. The predicted molar refractivity (Wildman–Crippen MR) is 130 cm³/mol. The third kappa shape index (κ3) is 4.11. The van der Waals surface area contributed by atoms with E-state index >= 15 is 0 Å². The third-order valence-corrected chi connectivity index (χ3v) is 7.05. The lowest BCUT2D eigenvalue weighted by atomic mass is 9.89. The third-order valence-electron chi connectivity index (χ3n) is 6.36. The van der Waals surface area contributed by atoms with Crippen LogP contribution in [0, 0.1) is 0 Å². The molecular weight excluding hydrogens is 418 g/mol. The molecular formula is C26H25N3O2S. The number of fused-ring (bicyclic) bond motifs is 1. The van der Waals surface area contributed by atoms with Gasteiger partial charge in [0.05, 0.1) is 5.57 Å². The van der Waals surface area contributed by atoms with Gasteiger partial charge in [0.15, 0.2) is 0 Å². The number of carbonyl (C=O) groups excluding carboxylic acids is 2. The van der Waals surface area contributed by atoms with E-state index in [1.54, 1.807) is 23.6 Å². The van der Waals surface area contributed by atoms with E-state index in [0.717, 1.165) is 29.9 Å². The Morgan fingerprint density at radius 3 is 2.47 bits per heavy atom. The Morgan fingerprint density at radius 1 is 0.969 bits per heavy atom. The molecule has 1 aromatic heterocycles. The van der Waals surface area contributed by atoms with Crippen LogP contribution in [0.25, 0.3) is 16.7 Å². The summed E-state index contributed by atoms with van der Waals surface area (Å²) in [4.78, 5) is 27.3. The minimum atomic E-state index is -0.389. The van der Waals surface area contributed by atoms with Gasteiger partial charge in [-0.3, -0.25) is 14.9 Å². The molecule has 0 spiro atoms. The normalized spacial score (nSPS) is 18.5. The Morgan fingerprint density at radius 2 is 1.75 bits per heavy atom. The second-order valence-corrected chi connectivity index (χ2v) is 9.24. The lowest BCUT2D eigenvalue weighted by Crippen LogP contribution is -2.36. The number of thiophene rings is 1. The lowest BCUT2D eigenvalue weighted by molar-refractivity contribution is -0.114. The van der Waals surface area contributed by atoms with Gasteiger partial charge in [-0.25, -0.2) is 0 Å². The van der Waals surface area contributed by atoms with E-state index in [1.165, 1.54) is 18.4 Å². The summed E-state index contributed by atoms with van der Waals surface area (Å²) in [6.45, 7) is 2.27. The summed E-state index contributed by atoms with van der Waals surface area (Å²) in [5, 5.41) is 9.76. The van der Waals surface area contributed by atoms with E-state index in [1.807, 2.05) is 23.6 Å². The van der Waals surface area contributed by atoms with Crippen molar-refractivity contribution in [1.29, 1.82) is 0 Å². The van der Waals surface area contributed by atoms with Gasteiger partial charge in [-0.15, -0.1) is 0 Å². The number of hydrogen-bond donors (Lipinski definition) is 2. The largest absolute Gasteiger partial charge is 0.361 e. The van der Waals surface area contributed by atoms with Crippen LogP contribution in [0.15, 0.2) is 65.5 Å². The highest BCUT2D eigenvalue weighted by atomic mass is 32.1. The highest BCUT2D eigenvalue weighted by molar-refractivity contribution is 7.08. The highest BCUT2D eigenvalue weighted by Gasteiger charge is 2.27. The number of carbonyl (C=O) groups is 2. The zero-order valence-corrected chi connectivity index (χ0v) is 18.7. The van der Waals surface area contributed by atoms with Crippen LogP contribution in [0.4, 0.5) is 5.69 Å². The standard InChI is InChI=1S/C26H25N3O2S/c1-29-11-8-18(9-12-29)17-2-5-21(6-3-17)27-15-24-23-14-19(20-10-13-32-16-20)4-7-22(23)25(30)28-26(24)31/h2-7,10,13-16,18,27H,8-9,11-12H2,1H3,(H,28,30,31)/b24-15-. The number of nitrogens with one attached hydrogen (secondary N) is 2. The number of nitrogens with zero attached hydrogens (tertiary/aromatic N) is 1. The maximum atomic E-state index is 12.6. The van der Waals surface area contributed by atoms with Crippen molar-refractivity contribution >= 4 is 34.4 Å². The maximum absolute atomic E-state index is 12.6. The molecule has 6 heteroatoms. The van der Waals surface area contributed by atoms with E-state index in [9.17, 15) is 9.59 Å². The lowest BCUT2D eigenvalue weighted by Gasteiger charge is -2.29. The molecule has 2 aliphatic rings. The highest BCUT2D eigenvalue weighted by Crippen LogP contribution is 2.31. The van der Waals surface area contributed by atoms with Crippen LogP contribution in [0.1, 0.15) is 40.2 Å². The summed E-state index contributed by atoms with van der Waals surface area (Å²) < 4.78 is 0. The van der Waals surface area contributed by atoms with Crippen LogP contribution in [-0.4, -0.2) is 36.9 Å². The minimum Gasteiger partial charge on any atom is -0.361 e. The molecule has 3 aromatic rings. The first-order chi connectivity index (χ1) is 15.6. The molecule has 1 fully saturated rings. The average molecular weight is 444 g/mol. The molecule has 32 heavy (non-hydrogen) atoms. The molecule has 5 nitrogen and oxygen atoms in total. The Labute approximate surface area is 191 Å². The molecule has 5 rings (SSSR count). The Kier molecular flexibility index (Phi) is 5.64. The van der Waals surface area contributed by atoms with Crippen molar-refractivity contribution in [3.63, 3.8) is 0 Å². The number of likely N-dealkylation sites (tertiary alicyclic amines) is 1. The molecule has 2 N–H and O–H groups in total. The fraction of sp³-hybridized carbons (Fsp3) is 0.231. The molecule has 0 bridgehead atoms. The van der Waals surface area contributed by atoms with E-state index in [4.69, 9.17) is 0 Å². The van der Waals surface area contributed by atoms with E-state index in [2.05, 4.69) is 52.2 Å². The first-order valence-electron chi connectivity index (χ1n) is 10.9. The van der Waals surface area contributed by atoms with Crippen LogP contribution in [0.2, 0.25) is 0 Å². The maximum Gasteiger partial charge on any atom is 0.260 e. The van der Waals surface area contributed by atoms with Crippen molar-refractivity contribution in [3.05, 3.63) is 82.2 Å². The fourth-order valence-electron chi connectivity index (χ4n) is 4.43. The summed E-state index contributed by atoms with van der Waals surface area (Å²) in [6, 6.07) is 16.1. The smallest absolute Gasteiger partial charge is 0.260 e. The van der Waals surface area contributed by atoms with Crippen molar-refractivity contribution in [1.82, 2.24) is 10.2 Å². The Hall–Kier alpha value is -3.22. The quantitative estimate of drug-likeness (QED) is 0.443. The molecule has 0 aliphatic carbocycles. The average Bonchev–Trinajstić information content (AvgIpc) is 3.35. The minimum absolute atomic E-state index is 0.360. The van der Waals surface area contributed by atoms with Crippen LogP contribution >= 0.6 is 11.3 Å². The summed E-state index contributed by atoms with van der Waals surface area (Å²) in [6.07, 6.45) is 4.07. The van der Waals surface area contributed by atoms with Crippen molar-refractivity contribution < 1.29 is 9.59 Å². The zero-order chi connectivity index (χ0) is 22.1. The van der Waals surface area contributed by atoms with Gasteiger partial charge < -0.3 is 10.2 Å². The molecule has 2 aliphatic heterocycles. The SMILES string of the molecule is CN1CCC(c2ccc(N/C=C3\C(=O)NC(=O)c4ccc(-c5ccsc5)cc43)cc2)CC1. The fourth-order valence-corrected chi connectivity index (χ4v) is 5.09. The summed E-state index contributed by atoms with van der Waals surface area (Å²) in [5.74, 6) is -0.141. The number of rotatable bonds is 4. The molecule has 2 amide bonds. The van der Waals surface area contributed by atoms with Gasteiger partial charge in [0, 0.05) is 23.0 Å². The molecule has 0 saturated carbocycles. The number of amides is 2. The molecule has 1 saturated heterocycles. The van der Waals surface area contributed by atoms with Gasteiger partial charge in [0.1, 0.15) is 0 Å². The molecule has 0 radical (unpaired) electrons. The number of benzene rings is 2. The van der Waals surface area contributed by atoms with Crippen molar-refractivity contribution in [2.24, 2.45) is 0 Å². The topological polar surface area (TPSA) is 61.4 Å². The van der Waals surface area contributed by atoms with Crippen molar-refractivity contribution in [3.8, 4) is 11.1 Å². The van der Waals surface area contributed by atoms with Crippen LogP contribution < -0.4 is 10.6 Å². The second kappa shape index (κ2) is 8.73. The molecule has 0 atom stereocenters.